The summed E-state index contributed by atoms with van der Waals surface area (Å²) in [5.41, 5.74) is 11.2. The van der Waals surface area contributed by atoms with Gasteiger partial charge < -0.3 is 31.5 Å². The van der Waals surface area contributed by atoms with Gasteiger partial charge in [-0.2, -0.15) is 26.1 Å². The number of fused-ring (bicyclic) bond motifs is 1. The number of rotatable bonds is 7. The lowest BCUT2D eigenvalue weighted by Gasteiger charge is -2.16. The van der Waals surface area contributed by atoms with Crippen LogP contribution in [0.15, 0.2) is 6.33 Å². The average Bonchev–Trinajstić information content (AvgIpc) is 3.14. The number of carboxylic acids is 1. The van der Waals surface area contributed by atoms with E-state index in [1.54, 1.807) is 0 Å². The zero-order valence-corrected chi connectivity index (χ0v) is 14.8. The summed E-state index contributed by atoms with van der Waals surface area (Å²) >= 11 is 1.34. The Morgan fingerprint density at radius 1 is 1.41 bits per heavy atom. The fourth-order valence-corrected chi connectivity index (χ4v) is 3.82. The van der Waals surface area contributed by atoms with Crippen LogP contribution in [0.4, 0.5) is 10.2 Å². The predicted molar refractivity (Wildman–Crippen MR) is 93.2 cm³/mol. The summed E-state index contributed by atoms with van der Waals surface area (Å²) in [6.07, 6.45) is -3.77. The van der Waals surface area contributed by atoms with E-state index in [2.05, 4.69) is 15.0 Å². The van der Waals surface area contributed by atoms with Crippen molar-refractivity contribution >= 4 is 34.7 Å². The minimum atomic E-state index is -1.30. The molecule has 0 aromatic carbocycles. The van der Waals surface area contributed by atoms with Crippen LogP contribution in [0.1, 0.15) is 12.6 Å². The van der Waals surface area contributed by atoms with Gasteiger partial charge >= 0.3 is 12.0 Å². The molecule has 2 aromatic rings. The number of aliphatic hydroxyl groups is 2. The Morgan fingerprint density at radius 2 is 2.15 bits per heavy atom. The number of aromatic nitrogens is 4. The Hall–Kier alpha value is -2.06. The van der Waals surface area contributed by atoms with E-state index in [1.165, 1.54) is 22.7 Å². The summed E-state index contributed by atoms with van der Waals surface area (Å²) in [5, 5.41) is 29.3. The second-order valence-corrected chi connectivity index (χ2v) is 7.21. The highest BCUT2D eigenvalue weighted by Crippen LogP contribution is 2.33. The highest BCUT2D eigenvalue weighted by atomic mass is 32.2. The van der Waals surface area contributed by atoms with E-state index in [1.807, 2.05) is 0 Å². The van der Waals surface area contributed by atoms with Crippen molar-refractivity contribution in [3.05, 3.63) is 12.4 Å². The van der Waals surface area contributed by atoms with Crippen molar-refractivity contribution in [1.29, 1.82) is 0 Å². The number of nitrogens with zero attached hydrogens (tertiary/aromatic N) is 4. The number of aliphatic hydroxyl groups excluding tert-OH is 2. The highest BCUT2D eigenvalue weighted by molar-refractivity contribution is 7.99. The molecule has 1 fully saturated rings. The molecule has 0 radical (unpaired) electrons. The molecule has 0 unspecified atom stereocenters. The molecule has 1 aliphatic rings. The Bertz CT molecular complexity index is 838. The molecule has 0 saturated carbocycles. The monoisotopic (exact) mass is 402 g/mol. The second-order valence-electron chi connectivity index (χ2n) is 6.06. The van der Waals surface area contributed by atoms with E-state index in [4.69, 9.17) is 21.3 Å². The van der Waals surface area contributed by atoms with Gasteiger partial charge in [0.15, 0.2) is 23.2 Å². The smallest absolute Gasteiger partial charge is 0.320 e. The molecule has 2 aromatic heterocycles. The molecule has 0 bridgehead atoms. The van der Waals surface area contributed by atoms with E-state index in [0.717, 1.165) is 0 Å². The maximum atomic E-state index is 13.5. The van der Waals surface area contributed by atoms with Crippen LogP contribution in [0.25, 0.3) is 11.2 Å². The quantitative estimate of drug-likeness (QED) is 0.274. The van der Waals surface area contributed by atoms with Gasteiger partial charge in [-0.15, -0.1) is 0 Å². The first-order chi connectivity index (χ1) is 12.8. The van der Waals surface area contributed by atoms with Crippen molar-refractivity contribution < 1.29 is 29.2 Å². The molecular formula is C14H19FN6O5S. The van der Waals surface area contributed by atoms with Crippen molar-refractivity contribution in [2.45, 2.75) is 37.0 Å². The van der Waals surface area contributed by atoms with Gasteiger partial charge in [0.1, 0.15) is 18.2 Å². The van der Waals surface area contributed by atoms with Crippen molar-refractivity contribution in [2.75, 3.05) is 17.2 Å². The molecule has 0 aliphatic carbocycles. The number of thioether (sulfide) groups is 1. The van der Waals surface area contributed by atoms with Gasteiger partial charge in [-0.3, -0.25) is 9.36 Å². The van der Waals surface area contributed by atoms with Gasteiger partial charge in [-0.25, -0.2) is 4.98 Å². The highest BCUT2D eigenvalue weighted by Gasteiger charge is 2.44. The third-order valence-corrected chi connectivity index (χ3v) is 5.29. The van der Waals surface area contributed by atoms with Crippen molar-refractivity contribution in [3.63, 3.8) is 0 Å². The first kappa shape index (κ1) is 19.7. The number of nitrogen functional groups attached to an aromatic ring is 1. The number of aliphatic carboxylic acids is 1. The van der Waals surface area contributed by atoms with Crippen molar-refractivity contribution in [3.8, 4) is 0 Å². The minimum Gasteiger partial charge on any atom is -0.480 e. The first-order valence-electron chi connectivity index (χ1n) is 8.03. The molecule has 1 aliphatic heterocycles. The van der Waals surface area contributed by atoms with Gasteiger partial charge in [-0.05, 0) is 12.2 Å². The molecule has 1 saturated heterocycles. The van der Waals surface area contributed by atoms with Gasteiger partial charge in [-0.1, -0.05) is 0 Å². The third kappa shape index (κ3) is 3.96. The average molecular weight is 402 g/mol. The Labute approximate surface area is 156 Å². The number of anilines is 1. The predicted octanol–water partition coefficient (Wildman–Crippen LogP) is -1.30. The lowest BCUT2D eigenvalue weighted by Crippen LogP contribution is -2.33. The third-order valence-electron chi connectivity index (χ3n) is 4.20. The van der Waals surface area contributed by atoms with Gasteiger partial charge in [0.25, 0.3) is 0 Å². The number of halogens is 1. The van der Waals surface area contributed by atoms with Crippen LogP contribution >= 0.6 is 11.8 Å². The summed E-state index contributed by atoms with van der Waals surface area (Å²) in [7, 11) is 0. The molecule has 3 heterocycles. The van der Waals surface area contributed by atoms with Crippen LogP contribution in [0, 0.1) is 6.08 Å². The molecule has 0 spiro atoms. The number of carbonyl (C=O) groups is 1. The van der Waals surface area contributed by atoms with E-state index < -0.39 is 42.6 Å². The zero-order chi connectivity index (χ0) is 19.7. The topological polar surface area (TPSA) is 183 Å². The van der Waals surface area contributed by atoms with E-state index in [9.17, 15) is 19.4 Å². The largest absolute Gasteiger partial charge is 0.480 e. The number of hydrogen-bond acceptors (Lipinski definition) is 10. The van der Waals surface area contributed by atoms with E-state index in [-0.39, 0.29) is 23.4 Å². The normalized spacial score (nSPS) is 26.5. The first-order valence-corrected chi connectivity index (χ1v) is 9.18. The zero-order valence-electron chi connectivity index (χ0n) is 14.0. The maximum Gasteiger partial charge on any atom is 0.320 e. The van der Waals surface area contributed by atoms with Gasteiger partial charge in [0, 0.05) is 5.75 Å². The lowest BCUT2D eigenvalue weighted by atomic mass is 10.1. The maximum absolute atomic E-state index is 13.5. The van der Waals surface area contributed by atoms with E-state index in [0.29, 0.717) is 11.5 Å². The van der Waals surface area contributed by atoms with Crippen LogP contribution in [0.5, 0.6) is 0 Å². The van der Waals surface area contributed by atoms with Gasteiger partial charge in [0.05, 0.1) is 12.4 Å². The second kappa shape index (κ2) is 7.90. The summed E-state index contributed by atoms with van der Waals surface area (Å²) < 4.78 is 20.5. The fourth-order valence-electron chi connectivity index (χ4n) is 2.73. The Kier molecular flexibility index (Phi) is 5.76. The van der Waals surface area contributed by atoms with Crippen LogP contribution in [0.3, 0.4) is 0 Å². The summed E-state index contributed by atoms with van der Waals surface area (Å²) in [5.74, 6) is -0.474. The van der Waals surface area contributed by atoms with Gasteiger partial charge in [0.2, 0.25) is 0 Å². The molecule has 27 heavy (non-hydrogen) atoms. The molecule has 148 valence electrons. The molecule has 5 atom stereocenters. The standard InChI is InChI=1S/C14H19FN6O5S/c15-14-19-10(17)7-11(20-14)21(4-18-7)12-9(23)8(22)6(26-12)3-27-2-1-5(16)13(24)25/h4-6,8-9,12,22-23H,1-3,16H2,(H,24,25)(H2,17,19,20)/t5-,6+,8+,9+,12+/m0/s1. The van der Waals surface area contributed by atoms with Crippen LogP contribution in [-0.2, 0) is 9.53 Å². The minimum absolute atomic E-state index is 0.0389. The fraction of sp³-hybridized carbons (Fsp3) is 0.571. The Morgan fingerprint density at radius 3 is 2.85 bits per heavy atom. The number of imidazole rings is 1. The van der Waals surface area contributed by atoms with Crippen LogP contribution in [0.2, 0.25) is 0 Å². The molecule has 11 nitrogen and oxygen atoms in total. The van der Waals surface area contributed by atoms with Crippen molar-refractivity contribution in [1.82, 2.24) is 19.5 Å². The molecule has 3 rings (SSSR count). The van der Waals surface area contributed by atoms with Crippen molar-refractivity contribution in [2.24, 2.45) is 5.73 Å². The molecule has 0 amide bonds. The SMILES string of the molecule is Nc1nc(F)nc2c1ncn2[C@@H]1O[C@H](CSCC[C@H](N)C(=O)O)[C@@H](O)[C@H]1O. The summed E-state index contributed by atoms with van der Waals surface area (Å²) in [4.78, 5) is 21.7. The number of hydrogen-bond donors (Lipinski definition) is 5. The number of nitrogens with two attached hydrogens (primary N) is 2. The number of ether oxygens (including phenoxy) is 1. The van der Waals surface area contributed by atoms with E-state index >= 15 is 0 Å². The summed E-state index contributed by atoms with van der Waals surface area (Å²) in [6, 6.07) is -0.956. The van der Waals surface area contributed by atoms with Crippen LogP contribution in [-0.4, -0.2) is 76.7 Å². The lowest BCUT2D eigenvalue weighted by molar-refractivity contribution is -0.138. The Balaban J connectivity index is 1.68. The molecule has 7 N–H and O–H groups in total. The van der Waals surface area contributed by atoms with Crippen LogP contribution < -0.4 is 11.5 Å². The summed E-state index contributed by atoms with van der Waals surface area (Å²) in [6.45, 7) is 0. The molecule has 13 heteroatoms. The number of carboxylic acid groups (broad SMARTS) is 1. The molecular weight excluding hydrogens is 383 g/mol.